The molecule has 0 spiro atoms. The van der Waals surface area contributed by atoms with Crippen molar-refractivity contribution in [3.63, 3.8) is 0 Å². The SMILES string of the molecule is O=C(O)c1ccc(Oc2cncc(Cl)c2)c([N+](=O)[O-])c1. The molecule has 0 radical (unpaired) electrons. The molecule has 20 heavy (non-hydrogen) atoms. The molecule has 1 aromatic carbocycles. The summed E-state index contributed by atoms with van der Waals surface area (Å²) in [6.45, 7) is 0. The summed E-state index contributed by atoms with van der Waals surface area (Å²) in [6.07, 6.45) is 2.72. The lowest BCUT2D eigenvalue weighted by atomic mass is 10.2. The maximum atomic E-state index is 10.9. The number of nitrogens with zero attached hydrogens (tertiary/aromatic N) is 2. The molecule has 1 aromatic heterocycles. The summed E-state index contributed by atoms with van der Waals surface area (Å²) in [5, 5.41) is 20.1. The number of carboxylic acids is 1. The maximum absolute atomic E-state index is 10.9. The third-order valence-corrected chi connectivity index (χ3v) is 2.52. The molecular formula is C12H7ClN2O5. The number of halogens is 1. The minimum absolute atomic E-state index is 0.0935. The number of pyridine rings is 1. The Morgan fingerprint density at radius 1 is 1.35 bits per heavy atom. The van der Waals surface area contributed by atoms with Gasteiger partial charge in [0.05, 0.1) is 21.7 Å². The van der Waals surface area contributed by atoms with E-state index in [0.717, 1.165) is 6.07 Å². The van der Waals surface area contributed by atoms with Gasteiger partial charge < -0.3 is 9.84 Å². The van der Waals surface area contributed by atoms with Crippen molar-refractivity contribution in [2.24, 2.45) is 0 Å². The van der Waals surface area contributed by atoms with Crippen LogP contribution in [0.15, 0.2) is 36.7 Å². The number of aromatic nitrogens is 1. The van der Waals surface area contributed by atoms with Crippen molar-refractivity contribution in [1.29, 1.82) is 0 Å². The van der Waals surface area contributed by atoms with Crippen LogP contribution in [0.4, 0.5) is 5.69 Å². The lowest BCUT2D eigenvalue weighted by Crippen LogP contribution is -2.00. The Hall–Kier alpha value is -2.67. The van der Waals surface area contributed by atoms with Gasteiger partial charge in [0.15, 0.2) is 0 Å². The smallest absolute Gasteiger partial charge is 0.335 e. The van der Waals surface area contributed by atoms with E-state index < -0.39 is 16.6 Å². The lowest BCUT2D eigenvalue weighted by Gasteiger charge is -2.06. The summed E-state index contributed by atoms with van der Waals surface area (Å²) in [7, 11) is 0. The van der Waals surface area contributed by atoms with Crippen LogP contribution in [0.5, 0.6) is 11.5 Å². The molecule has 1 heterocycles. The van der Waals surface area contributed by atoms with Crippen molar-refractivity contribution in [2.45, 2.75) is 0 Å². The number of hydrogen-bond donors (Lipinski definition) is 1. The first kappa shape index (κ1) is 13.8. The van der Waals surface area contributed by atoms with Gasteiger partial charge in [-0.05, 0) is 12.1 Å². The number of aromatic carboxylic acids is 1. The average molecular weight is 295 g/mol. The van der Waals surface area contributed by atoms with Gasteiger partial charge in [-0.1, -0.05) is 11.6 Å². The van der Waals surface area contributed by atoms with Crippen LogP contribution in [-0.2, 0) is 0 Å². The number of rotatable bonds is 4. The van der Waals surface area contributed by atoms with Crippen molar-refractivity contribution in [3.8, 4) is 11.5 Å². The summed E-state index contributed by atoms with van der Waals surface area (Å²) in [5.41, 5.74) is -0.654. The van der Waals surface area contributed by atoms with Crippen molar-refractivity contribution >= 4 is 23.3 Å². The maximum Gasteiger partial charge on any atom is 0.335 e. The second kappa shape index (κ2) is 5.54. The fraction of sp³-hybridized carbons (Fsp3) is 0. The number of carboxylic acid groups (broad SMARTS) is 1. The van der Waals surface area contributed by atoms with Crippen LogP contribution in [0, 0.1) is 10.1 Å². The van der Waals surface area contributed by atoms with E-state index in [0.29, 0.717) is 5.02 Å². The predicted octanol–water partition coefficient (Wildman–Crippen LogP) is 3.13. The summed E-state index contributed by atoms with van der Waals surface area (Å²) >= 11 is 5.73. The molecule has 7 nitrogen and oxygen atoms in total. The summed E-state index contributed by atoms with van der Waals surface area (Å²) in [5.74, 6) is -1.14. The number of nitro benzene ring substituents is 1. The van der Waals surface area contributed by atoms with Crippen molar-refractivity contribution < 1.29 is 19.6 Å². The minimum atomic E-state index is -1.26. The second-order valence-electron chi connectivity index (χ2n) is 3.69. The molecule has 102 valence electrons. The van der Waals surface area contributed by atoms with Crippen LogP contribution in [-0.4, -0.2) is 21.0 Å². The number of benzene rings is 1. The van der Waals surface area contributed by atoms with Gasteiger partial charge in [0.1, 0.15) is 5.75 Å². The summed E-state index contributed by atoms with van der Waals surface area (Å²) < 4.78 is 5.30. The van der Waals surface area contributed by atoms with E-state index in [4.69, 9.17) is 21.4 Å². The molecule has 0 atom stereocenters. The first-order valence-electron chi connectivity index (χ1n) is 5.27. The zero-order chi connectivity index (χ0) is 14.7. The molecule has 0 amide bonds. The molecule has 1 N–H and O–H groups in total. The highest BCUT2D eigenvalue weighted by Gasteiger charge is 2.19. The molecule has 2 rings (SSSR count). The zero-order valence-electron chi connectivity index (χ0n) is 9.82. The Kier molecular flexibility index (Phi) is 3.81. The fourth-order valence-corrected chi connectivity index (χ4v) is 1.62. The van der Waals surface area contributed by atoms with Gasteiger partial charge in [-0.2, -0.15) is 0 Å². The molecule has 8 heteroatoms. The molecule has 0 saturated heterocycles. The normalized spacial score (nSPS) is 10.1. The van der Waals surface area contributed by atoms with E-state index in [1.807, 2.05) is 0 Å². The standard InChI is InChI=1S/C12H7ClN2O5/c13-8-4-9(6-14-5-8)20-11-2-1-7(12(16)17)3-10(11)15(18)19/h1-6H,(H,16,17). The number of carbonyl (C=O) groups is 1. The van der Waals surface area contributed by atoms with Crippen molar-refractivity contribution in [1.82, 2.24) is 4.98 Å². The largest absolute Gasteiger partial charge is 0.478 e. The first-order valence-corrected chi connectivity index (χ1v) is 5.65. The third kappa shape index (κ3) is 3.01. The van der Waals surface area contributed by atoms with E-state index in [1.165, 1.54) is 30.6 Å². The Bertz CT molecular complexity index is 689. The van der Waals surface area contributed by atoms with Gasteiger partial charge in [-0.15, -0.1) is 0 Å². The van der Waals surface area contributed by atoms with Gasteiger partial charge in [0.2, 0.25) is 5.75 Å². The van der Waals surface area contributed by atoms with E-state index >= 15 is 0 Å². The van der Waals surface area contributed by atoms with Crippen molar-refractivity contribution in [3.05, 3.63) is 57.4 Å². The Morgan fingerprint density at radius 2 is 2.10 bits per heavy atom. The first-order chi connectivity index (χ1) is 9.47. The minimum Gasteiger partial charge on any atom is -0.478 e. The average Bonchev–Trinajstić information content (AvgIpc) is 2.38. The van der Waals surface area contributed by atoms with Gasteiger partial charge in [0, 0.05) is 18.3 Å². The predicted molar refractivity (Wildman–Crippen MR) is 69.4 cm³/mol. The van der Waals surface area contributed by atoms with Crippen LogP contribution < -0.4 is 4.74 Å². The highest BCUT2D eigenvalue weighted by Crippen LogP contribution is 2.32. The molecule has 0 saturated carbocycles. The quantitative estimate of drug-likeness (QED) is 0.686. The Balaban J connectivity index is 2.41. The van der Waals surface area contributed by atoms with Crippen LogP contribution in [0.2, 0.25) is 5.02 Å². The topological polar surface area (TPSA) is 103 Å². The van der Waals surface area contributed by atoms with Gasteiger partial charge in [-0.3, -0.25) is 15.1 Å². The van der Waals surface area contributed by atoms with E-state index in [9.17, 15) is 14.9 Å². The monoisotopic (exact) mass is 294 g/mol. The number of nitro groups is 1. The van der Waals surface area contributed by atoms with E-state index in [-0.39, 0.29) is 17.1 Å². The molecule has 0 bridgehead atoms. The van der Waals surface area contributed by atoms with Crippen molar-refractivity contribution in [2.75, 3.05) is 0 Å². The molecule has 2 aromatic rings. The molecule has 0 aliphatic rings. The van der Waals surface area contributed by atoms with Crippen LogP contribution >= 0.6 is 11.6 Å². The highest BCUT2D eigenvalue weighted by atomic mass is 35.5. The zero-order valence-corrected chi connectivity index (χ0v) is 10.6. The Labute approximate surface area is 117 Å². The van der Waals surface area contributed by atoms with Gasteiger partial charge in [0.25, 0.3) is 0 Å². The molecule has 0 unspecified atom stereocenters. The van der Waals surface area contributed by atoms with Gasteiger partial charge in [-0.25, -0.2) is 4.79 Å². The fourth-order valence-electron chi connectivity index (χ4n) is 1.45. The molecule has 0 fully saturated rings. The molecule has 0 aliphatic heterocycles. The summed E-state index contributed by atoms with van der Waals surface area (Å²) in [6, 6.07) is 4.78. The Morgan fingerprint density at radius 3 is 2.70 bits per heavy atom. The van der Waals surface area contributed by atoms with Crippen LogP contribution in [0.3, 0.4) is 0 Å². The number of ether oxygens (including phenoxy) is 1. The van der Waals surface area contributed by atoms with Crippen LogP contribution in [0.25, 0.3) is 0 Å². The van der Waals surface area contributed by atoms with Crippen LogP contribution in [0.1, 0.15) is 10.4 Å². The van der Waals surface area contributed by atoms with E-state index in [1.54, 1.807) is 0 Å². The third-order valence-electron chi connectivity index (χ3n) is 2.31. The summed E-state index contributed by atoms with van der Waals surface area (Å²) in [4.78, 5) is 24.8. The van der Waals surface area contributed by atoms with E-state index in [2.05, 4.69) is 4.98 Å². The highest BCUT2D eigenvalue weighted by molar-refractivity contribution is 6.30. The molecule has 0 aliphatic carbocycles. The lowest BCUT2D eigenvalue weighted by molar-refractivity contribution is -0.385. The molecular weight excluding hydrogens is 288 g/mol. The second-order valence-corrected chi connectivity index (χ2v) is 4.12. The van der Waals surface area contributed by atoms with Gasteiger partial charge >= 0.3 is 11.7 Å². The number of hydrogen-bond acceptors (Lipinski definition) is 5.